The lowest BCUT2D eigenvalue weighted by atomic mass is 9.97. The third kappa shape index (κ3) is 2.93. The first kappa shape index (κ1) is 16.0. The van der Waals surface area contributed by atoms with Gasteiger partial charge in [0.05, 0.1) is 11.3 Å². The molecule has 0 amide bonds. The second-order valence-corrected chi connectivity index (χ2v) is 6.26. The highest BCUT2D eigenvalue weighted by molar-refractivity contribution is 5.92. The molecule has 1 heterocycles. The van der Waals surface area contributed by atoms with Gasteiger partial charge in [0.15, 0.2) is 0 Å². The Morgan fingerprint density at radius 3 is 2.50 bits per heavy atom. The smallest absolute Gasteiger partial charge is 0.335 e. The molecule has 0 unspecified atom stereocenters. The molecule has 4 aromatic rings. The summed E-state index contributed by atoms with van der Waals surface area (Å²) in [5.41, 5.74) is 5.17. The first-order valence-corrected chi connectivity index (χ1v) is 8.33. The van der Waals surface area contributed by atoms with E-state index in [1.54, 1.807) is 30.3 Å². The summed E-state index contributed by atoms with van der Waals surface area (Å²) in [6.07, 6.45) is 0.593. The molecule has 0 bridgehead atoms. The van der Waals surface area contributed by atoms with Gasteiger partial charge in [-0.3, -0.25) is 0 Å². The zero-order chi connectivity index (χ0) is 18.1. The van der Waals surface area contributed by atoms with Gasteiger partial charge in [-0.25, -0.2) is 4.79 Å². The number of carboxylic acid groups (broad SMARTS) is 1. The predicted octanol–water partition coefficient (Wildman–Crippen LogP) is 4.83. The zero-order valence-corrected chi connectivity index (χ0v) is 13.9. The summed E-state index contributed by atoms with van der Waals surface area (Å²) in [7, 11) is 0. The van der Waals surface area contributed by atoms with Gasteiger partial charge in [-0.15, -0.1) is 0 Å². The third-order valence-corrected chi connectivity index (χ3v) is 4.51. The topological polar surface area (TPSA) is 73.3 Å². The molecule has 0 fully saturated rings. The highest BCUT2D eigenvalue weighted by atomic mass is 16.4. The number of carboxylic acids is 1. The first-order chi connectivity index (χ1) is 12.6. The van der Waals surface area contributed by atoms with Gasteiger partial charge >= 0.3 is 5.97 Å². The number of hydrogen-bond donors (Lipinski definition) is 3. The SMILES string of the molecule is O=C(O)c1cccc(Cc2c(-c3ccccc3)[nH]c3cc(O)ccc23)c1. The Labute approximate surface area is 150 Å². The van der Waals surface area contributed by atoms with Crippen molar-refractivity contribution in [1.29, 1.82) is 0 Å². The van der Waals surface area contributed by atoms with Crippen LogP contribution in [0.15, 0.2) is 72.8 Å². The molecule has 3 N–H and O–H groups in total. The van der Waals surface area contributed by atoms with Crippen molar-refractivity contribution in [2.45, 2.75) is 6.42 Å². The lowest BCUT2D eigenvalue weighted by molar-refractivity contribution is 0.0696. The Morgan fingerprint density at radius 2 is 1.73 bits per heavy atom. The van der Waals surface area contributed by atoms with E-state index in [1.165, 1.54) is 0 Å². The van der Waals surface area contributed by atoms with Crippen LogP contribution in [0.25, 0.3) is 22.2 Å². The minimum Gasteiger partial charge on any atom is -0.508 e. The zero-order valence-electron chi connectivity index (χ0n) is 13.9. The van der Waals surface area contributed by atoms with E-state index in [0.29, 0.717) is 6.42 Å². The normalized spacial score (nSPS) is 10.9. The summed E-state index contributed by atoms with van der Waals surface area (Å²) >= 11 is 0. The number of phenolic OH excluding ortho intramolecular Hbond substituents is 1. The fraction of sp³-hybridized carbons (Fsp3) is 0.0455. The number of hydrogen-bond acceptors (Lipinski definition) is 2. The maximum atomic E-state index is 11.3. The summed E-state index contributed by atoms with van der Waals surface area (Å²) < 4.78 is 0. The molecule has 3 aromatic carbocycles. The maximum Gasteiger partial charge on any atom is 0.335 e. The van der Waals surface area contributed by atoms with Gasteiger partial charge in [0.2, 0.25) is 0 Å². The van der Waals surface area contributed by atoms with Gasteiger partial charge in [-0.1, -0.05) is 42.5 Å². The van der Waals surface area contributed by atoms with E-state index >= 15 is 0 Å². The number of H-pyrrole nitrogens is 1. The number of phenols is 1. The number of nitrogens with one attached hydrogen (secondary N) is 1. The van der Waals surface area contributed by atoms with Crippen molar-refractivity contribution in [3.05, 3.63) is 89.5 Å². The van der Waals surface area contributed by atoms with Crippen molar-refractivity contribution < 1.29 is 15.0 Å². The largest absolute Gasteiger partial charge is 0.508 e. The van der Waals surface area contributed by atoms with Crippen molar-refractivity contribution in [2.75, 3.05) is 0 Å². The van der Waals surface area contributed by atoms with Crippen LogP contribution in [-0.2, 0) is 6.42 Å². The van der Waals surface area contributed by atoms with Crippen LogP contribution >= 0.6 is 0 Å². The van der Waals surface area contributed by atoms with Crippen molar-refractivity contribution in [2.24, 2.45) is 0 Å². The standard InChI is InChI=1S/C22H17NO3/c24-17-9-10-18-19(12-14-5-4-8-16(11-14)22(25)26)21(23-20(18)13-17)15-6-2-1-3-7-15/h1-11,13,23-24H,12H2,(H,25,26). The van der Waals surface area contributed by atoms with E-state index < -0.39 is 5.97 Å². The second kappa shape index (κ2) is 6.41. The molecular weight excluding hydrogens is 326 g/mol. The van der Waals surface area contributed by atoms with Crippen LogP contribution in [0.5, 0.6) is 5.75 Å². The molecule has 4 heteroatoms. The van der Waals surface area contributed by atoms with Crippen molar-refractivity contribution in [1.82, 2.24) is 4.98 Å². The maximum absolute atomic E-state index is 11.3. The van der Waals surface area contributed by atoms with Gasteiger partial charge in [-0.05, 0) is 41.0 Å². The van der Waals surface area contributed by atoms with E-state index in [-0.39, 0.29) is 11.3 Å². The van der Waals surface area contributed by atoms with E-state index in [9.17, 15) is 15.0 Å². The Hall–Kier alpha value is -3.53. The molecular formula is C22H17NO3. The van der Waals surface area contributed by atoms with Crippen LogP contribution in [0.1, 0.15) is 21.5 Å². The molecule has 4 rings (SSSR count). The van der Waals surface area contributed by atoms with Crippen LogP contribution in [0.3, 0.4) is 0 Å². The molecule has 0 aliphatic heterocycles. The molecule has 0 radical (unpaired) electrons. The van der Waals surface area contributed by atoms with Crippen LogP contribution in [0.4, 0.5) is 0 Å². The fourth-order valence-corrected chi connectivity index (χ4v) is 3.30. The summed E-state index contributed by atoms with van der Waals surface area (Å²) in [5.74, 6) is -0.725. The van der Waals surface area contributed by atoms with Crippen LogP contribution in [0.2, 0.25) is 0 Å². The summed E-state index contributed by atoms with van der Waals surface area (Å²) in [6.45, 7) is 0. The lowest BCUT2D eigenvalue weighted by Crippen LogP contribution is -1.98. The highest BCUT2D eigenvalue weighted by Gasteiger charge is 2.15. The van der Waals surface area contributed by atoms with Crippen molar-refractivity contribution in [3.8, 4) is 17.0 Å². The highest BCUT2D eigenvalue weighted by Crippen LogP contribution is 2.33. The van der Waals surface area contributed by atoms with Crippen LogP contribution < -0.4 is 0 Å². The summed E-state index contributed by atoms with van der Waals surface area (Å²) in [6, 6.07) is 22.2. The number of carbonyl (C=O) groups is 1. The number of aromatic carboxylic acids is 1. The first-order valence-electron chi connectivity index (χ1n) is 8.33. The number of aromatic hydroxyl groups is 1. The molecule has 0 spiro atoms. The number of aromatic amines is 1. The third-order valence-electron chi connectivity index (χ3n) is 4.51. The second-order valence-electron chi connectivity index (χ2n) is 6.26. The van der Waals surface area contributed by atoms with Gasteiger partial charge in [0.25, 0.3) is 0 Å². The number of fused-ring (bicyclic) bond motifs is 1. The molecule has 1 aromatic heterocycles. The summed E-state index contributed by atoms with van der Waals surface area (Å²) in [5, 5.41) is 20.1. The van der Waals surface area contributed by atoms with E-state index in [0.717, 1.165) is 33.3 Å². The number of rotatable bonds is 4. The van der Waals surface area contributed by atoms with E-state index in [4.69, 9.17) is 0 Å². The van der Waals surface area contributed by atoms with E-state index in [1.807, 2.05) is 42.5 Å². The van der Waals surface area contributed by atoms with Gasteiger partial charge < -0.3 is 15.2 Å². The van der Waals surface area contributed by atoms with Crippen molar-refractivity contribution >= 4 is 16.9 Å². The molecule has 0 saturated carbocycles. The Kier molecular flexibility index (Phi) is 3.93. The van der Waals surface area contributed by atoms with E-state index in [2.05, 4.69) is 4.98 Å². The molecule has 0 atom stereocenters. The lowest BCUT2D eigenvalue weighted by Gasteiger charge is -2.07. The van der Waals surface area contributed by atoms with Crippen LogP contribution in [0, 0.1) is 0 Å². The molecule has 0 saturated heterocycles. The molecule has 0 aliphatic rings. The monoisotopic (exact) mass is 343 g/mol. The predicted molar refractivity (Wildman–Crippen MR) is 102 cm³/mol. The average Bonchev–Trinajstić information content (AvgIpc) is 3.00. The molecule has 128 valence electrons. The fourth-order valence-electron chi connectivity index (χ4n) is 3.30. The quantitative estimate of drug-likeness (QED) is 0.497. The minimum absolute atomic E-state index is 0.206. The molecule has 4 nitrogen and oxygen atoms in total. The average molecular weight is 343 g/mol. The summed E-state index contributed by atoms with van der Waals surface area (Å²) in [4.78, 5) is 14.7. The van der Waals surface area contributed by atoms with Gasteiger partial charge in [-0.2, -0.15) is 0 Å². The Bertz CT molecular complexity index is 1100. The molecule has 0 aliphatic carbocycles. The Balaban J connectivity index is 1.87. The van der Waals surface area contributed by atoms with Gasteiger partial charge in [0, 0.05) is 23.4 Å². The number of aromatic nitrogens is 1. The van der Waals surface area contributed by atoms with Crippen LogP contribution in [-0.4, -0.2) is 21.2 Å². The minimum atomic E-state index is -0.931. The molecule has 26 heavy (non-hydrogen) atoms. The Morgan fingerprint density at radius 1 is 0.923 bits per heavy atom. The van der Waals surface area contributed by atoms with Crippen molar-refractivity contribution in [3.63, 3.8) is 0 Å². The van der Waals surface area contributed by atoms with Gasteiger partial charge in [0.1, 0.15) is 5.75 Å². The number of benzene rings is 3.